The minimum Gasteiger partial charge on any atom is -0.378 e. The summed E-state index contributed by atoms with van der Waals surface area (Å²) in [5.74, 6) is -3.40. The molecule has 0 N–H and O–H groups in total. The highest BCUT2D eigenvalue weighted by atomic mass is 19.3. The summed E-state index contributed by atoms with van der Waals surface area (Å²) in [6.45, 7) is 18.9. The molecule has 200 valence electrons. The SMILES string of the molecule is CC(COC1CCC(OC(C)(C)C)CC1)CC(C)C(F)(F)COC1CC2(C1)CN(C(C)(C)C)C2. The fourth-order valence-corrected chi connectivity index (χ4v) is 5.85. The fraction of sp³-hybridized carbons (Fsp3) is 1.00. The number of hydrogen-bond donors (Lipinski definition) is 0. The van der Waals surface area contributed by atoms with Crippen molar-refractivity contribution in [2.45, 2.75) is 136 Å². The van der Waals surface area contributed by atoms with Gasteiger partial charge in [0.05, 0.1) is 23.9 Å². The van der Waals surface area contributed by atoms with E-state index in [1.54, 1.807) is 6.92 Å². The van der Waals surface area contributed by atoms with Crippen molar-refractivity contribution in [1.29, 1.82) is 0 Å². The van der Waals surface area contributed by atoms with Crippen molar-refractivity contribution < 1.29 is 23.0 Å². The van der Waals surface area contributed by atoms with Gasteiger partial charge >= 0.3 is 0 Å². The lowest BCUT2D eigenvalue weighted by atomic mass is 9.61. The van der Waals surface area contributed by atoms with E-state index in [2.05, 4.69) is 46.4 Å². The second-order valence-corrected chi connectivity index (χ2v) is 13.8. The predicted molar refractivity (Wildman–Crippen MR) is 133 cm³/mol. The van der Waals surface area contributed by atoms with Crippen LogP contribution in [-0.2, 0) is 14.2 Å². The molecule has 1 aliphatic heterocycles. The van der Waals surface area contributed by atoms with E-state index in [1.165, 1.54) is 0 Å². The smallest absolute Gasteiger partial charge is 0.273 e. The van der Waals surface area contributed by atoms with Crippen molar-refractivity contribution >= 4 is 0 Å². The Labute approximate surface area is 207 Å². The molecule has 3 aliphatic rings. The monoisotopic (exact) mass is 487 g/mol. The maximum absolute atomic E-state index is 14.8. The van der Waals surface area contributed by atoms with Gasteiger partial charge in [0.2, 0.25) is 0 Å². The summed E-state index contributed by atoms with van der Waals surface area (Å²) in [5.41, 5.74) is 0.408. The zero-order valence-electron chi connectivity index (χ0n) is 23.1. The maximum Gasteiger partial charge on any atom is 0.273 e. The normalized spacial score (nSPS) is 28.4. The first-order valence-corrected chi connectivity index (χ1v) is 13.6. The Morgan fingerprint density at radius 3 is 1.94 bits per heavy atom. The third kappa shape index (κ3) is 7.85. The van der Waals surface area contributed by atoms with Gasteiger partial charge in [-0.3, -0.25) is 4.90 Å². The van der Waals surface area contributed by atoms with Crippen molar-refractivity contribution in [2.75, 3.05) is 26.3 Å². The number of nitrogens with zero attached hydrogens (tertiary/aromatic N) is 1. The van der Waals surface area contributed by atoms with Gasteiger partial charge in [-0.25, -0.2) is 8.78 Å². The van der Waals surface area contributed by atoms with Crippen LogP contribution in [0.15, 0.2) is 0 Å². The van der Waals surface area contributed by atoms with E-state index in [4.69, 9.17) is 14.2 Å². The molecule has 0 aromatic rings. The molecule has 2 unspecified atom stereocenters. The van der Waals surface area contributed by atoms with Crippen LogP contribution < -0.4 is 0 Å². The molecule has 6 heteroatoms. The molecule has 0 bridgehead atoms. The summed E-state index contributed by atoms with van der Waals surface area (Å²) in [4.78, 5) is 2.47. The lowest BCUT2D eigenvalue weighted by Gasteiger charge is -2.62. The minimum atomic E-state index is -2.80. The first-order chi connectivity index (χ1) is 15.6. The Balaban J connectivity index is 1.28. The van der Waals surface area contributed by atoms with E-state index in [1.807, 2.05) is 6.92 Å². The Hall–Kier alpha value is -0.300. The first kappa shape index (κ1) is 28.3. The van der Waals surface area contributed by atoms with Gasteiger partial charge in [0, 0.05) is 36.6 Å². The van der Waals surface area contributed by atoms with Crippen LogP contribution in [0.3, 0.4) is 0 Å². The summed E-state index contributed by atoms with van der Waals surface area (Å²) in [6, 6.07) is 0. The molecule has 0 radical (unpaired) electrons. The van der Waals surface area contributed by atoms with Crippen molar-refractivity contribution in [3.63, 3.8) is 0 Å². The molecule has 3 rings (SSSR count). The first-order valence-electron chi connectivity index (χ1n) is 13.6. The Morgan fingerprint density at radius 2 is 1.41 bits per heavy atom. The number of halogens is 2. The van der Waals surface area contributed by atoms with Crippen molar-refractivity contribution in [2.24, 2.45) is 17.3 Å². The molecule has 1 saturated heterocycles. The Morgan fingerprint density at radius 1 is 0.853 bits per heavy atom. The quantitative estimate of drug-likeness (QED) is 0.343. The van der Waals surface area contributed by atoms with Gasteiger partial charge in [0.1, 0.15) is 6.61 Å². The summed E-state index contributed by atoms with van der Waals surface area (Å²) < 4.78 is 47.4. The average Bonchev–Trinajstić information content (AvgIpc) is 2.62. The van der Waals surface area contributed by atoms with Crippen LogP contribution in [0.1, 0.15) is 100 Å². The molecule has 1 spiro atoms. The van der Waals surface area contributed by atoms with Gasteiger partial charge in [0.15, 0.2) is 0 Å². The lowest BCUT2D eigenvalue weighted by molar-refractivity contribution is -0.203. The lowest BCUT2D eigenvalue weighted by Crippen LogP contribution is -2.68. The zero-order chi connectivity index (χ0) is 25.4. The number of alkyl halides is 2. The summed E-state index contributed by atoms with van der Waals surface area (Å²) in [6.07, 6.45) is 6.85. The van der Waals surface area contributed by atoms with Crippen LogP contribution in [0.4, 0.5) is 8.78 Å². The van der Waals surface area contributed by atoms with Crippen molar-refractivity contribution in [1.82, 2.24) is 4.90 Å². The van der Waals surface area contributed by atoms with Gasteiger partial charge in [-0.05, 0) is 92.4 Å². The minimum absolute atomic E-state index is 0.00154. The highest BCUT2D eigenvalue weighted by molar-refractivity contribution is 5.07. The van der Waals surface area contributed by atoms with E-state index in [9.17, 15) is 8.78 Å². The molecule has 34 heavy (non-hydrogen) atoms. The second kappa shape index (κ2) is 10.6. The molecule has 2 atom stereocenters. The van der Waals surface area contributed by atoms with Crippen molar-refractivity contribution in [3.05, 3.63) is 0 Å². The summed E-state index contributed by atoms with van der Waals surface area (Å²) >= 11 is 0. The van der Waals surface area contributed by atoms with E-state index >= 15 is 0 Å². The van der Waals surface area contributed by atoms with Gasteiger partial charge < -0.3 is 14.2 Å². The number of rotatable bonds is 10. The second-order valence-electron chi connectivity index (χ2n) is 13.8. The largest absolute Gasteiger partial charge is 0.378 e. The molecule has 0 aromatic carbocycles. The predicted octanol–water partition coefficient (Wildman–Crippen LogP) is 6.71. The third-order valence-electron chi connectivity index (χ3n) is 8.07. The molecule has 2 saturated carbocycles. The van der Waals surface area contributed by atoms with Crippen molar-refractivity contribution in [3.8, 4) is 0 Å². The van der Waals surface area contributed by atoms with Crippen LogP contribution in [-0.4, -0.2) is 66.6 Å². The third-order valence-corrected chi connectivity index (χ3v) is 8.07. The van der Waals surface area contributed by atoms with E-state index in [-0.39, 0.29) is 29.3 Å². The van der Waals surface area contributed by atoms with E-state index in [0.29, 0.717) is 24.5 Å². The van der Waals surface area contributed by atoms with E-state index < -0.39 is 18.4 Å². The zero-order valence-corrected chi connectivity index (χ0v) is 23.1. The van der Waals surface area contributed by atoms with Gasteiger partial charge in [-0.15, -0.1) is 0 Å². The number of likely N-dealkylation sites (tertiary alicyclic amines) is 1. The van der Waals surface area contributed by atoms with Gasteiger partial charge in [0.25, 0.3) is 5.92 Å². The standard InChI is InChI=1S/C28H51F2NO3/c1-20(16-32-22-9-11-23(12-10-22)34-26(6,7)8)13-21(2)28(29,30)19-33-24-14-27(15-24)17-31(18-27)25(3,4)5/h20-24H,9-19H2,1-8H3. The molecule has 3 fully saturated rings. The highest BCUT2D eigenvalue weighted by Crippen LogP contribution is 2.51. The highest BCUT2D eigenvalue weighted by Gasteiger charge is 2.55. The molecular formula is C28H51F2NO3. The van der Waals surface area contributed by atoms with Crippen LogP contribution in [0.5, 0.6) is 0 Å². The molecular weight excluding hydrogens is 436 g/mol. The maximum atomic E-state index is 14.8. The van der Waals surface area contributed by atoms with Gasteiger partial charge in [-0.1, -0.05) is 13.8 Å². The van der Waals surface area contributed by atoms with Gasteiger partial charge in [-0.2, -0.15) is 0 Å². The Bertz CT molecular complexity index is 635. The average molecular weight is 488 g/mol. The molecule has 0 amide bonds. The van der Waals surface area contributed by atoms with Crippen LogP contribution in [0.25, 0.3) is 0 Å². The fourth-order valence-electron chi connectivity index (χ4n) is 5.85. The van der Waals surface area contributed by atoms with E-state index in [0.717, 1.165) is 51.6 Å². The number of hydrogen-bond acceptors (Lipinski definition) is 4. The van der Waals surface area contributed by atoms with Crippen LogP contribution in [0, 0.1) is 17.3 Å². The Kier molecular flexibility index (Phi) is 8.81. The molecule has 1 heterocycles. The molecule has 2 aliphatic carbocycles. The van der Waals surface area contributed by atoms with Crippen LogP contribution in [0.2, 0.25) is 0 Å². The molecule has 0 aromatic heterocycles. The topological polar surface area (TPSA) is 30.9 Å². The number of ether oxygens (including phenoxy) is 3. The molecule has 4 nitrogen and oxygen atoms in total. The summed E-state index contributed by atoms with van der Waals surface area (Å²) in [7, 11) is 0. The van der Waals surface area contributed by atoms with Crippen LogP contribution >= 0.6 is 0 Å². The summed E-state index contributed by atoms with van der Waals surface area (Å²) in [5, 5.41) is 0.